The Balaban J connectivity index is 1.34. The predicted molar refractivity (Wildman–Crippen MR) is 111 cm³/mol. The minimum atomic E-state index is 0.599. The van der Waals surface area contributed by atoms with Crippen molar-refractivity contribution in [2.75, 3.05) is 33.4 Å². The molecule has 0 aromatic carbocycles. The van der Waals surface area contributed by atoms with Crippen molar-refractivity contribution in [1.82, 2.24) is 19.9 Å². The Hall–Kier alpha value is -1.96. The van der Waals surface area contributed by atoms with Crippen LogP contribution in [-0.4, -0.2) is 59.3 Å². The van der Waals surface area contributed by atoms with Gasteiger partial charge in [-0.15, -0.1) is 0 Å². The van der Waals surface area contributed by atoms with E-state index in [1.807, 2.05) is 11.6 Å². The third-order valence-electron chi connectivity index (χ3n) is 6.22. The number of thiazole rings is 1. The standard InChI is InChI=1S/C21H26N4O2S/c1-26-21-24-19(13-28-21)18-12-23-20-17(18)10-15(11-22-20)14-2-4-16(5-3-14)25-6-8-27-9-7-25/h10-14,16H,2-9H2,1H3,(H,22,23)/t14-,16-. The zero-order valence-electron chi connectivity index (χ0n) is 16.2. The summed E-state index contributed by atoms with van der Waals surface area (Å²) in [5.74, 6) is 0.599. The van der Waals surface area contributed by atoms with E-state index in [0.717, 1.165) is 54.6 Å². The van der Waals surface area contributed by atoms with E-state index in [1.165, 1.54) is 42.6 Å². The largest absolute Gasteiger partial charge is 0.473 e. The van der Waals surface area contributed by atoms with E-state index < -0.39 is 0 Å². The van der Waals surface area contributed by atoms with Crippen LogP contribution in [-0.2, 0) is 4.74 Å². The number of hydrogen-bond donors (Lipinski definition) is 1. The van der Waals surface area contributed by atoms with Crippen LogP contribution in [0.25, 0.3) is 22.3 Å². The van der Waals surface area contributed by atoms with Crippen LogP contribution in [0, 0.1) is 0 Å². The van der Waals surface area contributed by atoms with Crippen molar-refractivity contribution in [3.8, 4) is 16.5 Å². The Morgan fingerprint density at radius 1 is 1.21 bits per heavy atom. The molecule has 0 bridgehead atoms. The molecular weight excluding hydrogens is 372 g/mol. The Bertz CT molecular complexity index is 939. The molecule has 1 N–H and O–H groups in total. The van der Waals surface area contributed by atoms with Gasteiger partial charge >= 0.3 is 0 Å². The van der Waals surface area contributed by atoms with E-state index in [2.05, 4.69) is 27.1 Å². The molecule has 4 heterocycles. The lowest BCUT2D eigenvalue weighted by molar-refractivity contribution is 0.00729. The molecule has 0 amide bonds. The molecule has 0 radical (unpaired) electrons. The molecule has 148 valence electrons. The average molecular weight is 399 g/mol. The zero-order valence-corrected chi connectivity index (χ0v) is 17.0. The quantitative estimate of drug-likeness (QED) is 0.718. The lowest BCUT2D eigenvalue weighted by Crippen LogP contribution is -2.44. The summed E-state index contributed by atoms with van der Waals surface area (Å²) in [4.78, 5) is 15.2. The van der Waals surface area contributed by atoms with Gasteiger partial charge in [0.2, 0.25) is 0 Å². The molecule has 28 heavy (non-hydrogen) atoms. The number of methoxy groups -OCH3 is 1. The van der Waals surface area contributed by atoms with E-state index in [4.69, 9.17) is 14.5 Å². The number of morpholine rings is 1. The van der Waals surface area contributed by atoms with Gasteiger partial charge in [-0.05, 0) is 43.2 Å². The van der Waals surface area contributed by atoms with Gasteiger partial charge in [-0.2, -0.15) is 0 Å². The lowest BCUT2D eigenvalue weighted by Gasteiger charge is -2.38. The van der Waals surface area contributed by atoms with E-state index in [9.17, 15) is 0 Å². The summed E-state index contributed by atoms with van der Waals surface area (Å²) in [6, 6.07) is 3.04. The van der Waals surface area contributed by atoms with E-state index in [-0.39, 0.29) is 0 Å². The fraction of sp³-hybridized carbons (Fsp3) is 0.524. The molecule has 6 nitrogen and oxygen atoms in total. The van der Waals surface area contributed by atoms with Crippen molar-refractivity contribution in [2.45, 2.75) is 37.6 Å². The van der Waals surface area contributed by atoms with Gasteiger partial charge < -0.3 is 14.5 Å². The normalized spacial score (nSPS) is 23.9. The molecule has 3 aromatic heterocycles. The number of rotatable bonds is 4. The maximum atomic E-state index is 5.51. The zero-order chi connectivity index (χ0) is 18.9. The van der Waals surface area contributed by atoms with Crippen molar-refractivity contribution in [1.29, 1.82) is 0 Å². The number of aromatic amines is 1. The van der Waals surface area contributed by atoms with Gasteiger partial charge in [0, 0.05) is 47.9 Å². The molecule has 2 aliphatic rings. The maximum Gasteiger partial charge on any atom is 0.273 e. The summed E-state index contributed by atoms with van der Waals surface area (Å²) in [6.07, 6.45) is 9.08. The fourth-order valence-corrected chi connectivity index (χ4v) is 5.29. The van der Waals surface area contributed by atoms with E-state index >= 15 is 0 Å². The van der Waals surface area contributed by atoms with E-state index in [0.29, 0.717) is 11.1 Å². The second kappa shape index (κ2) is 7.81. The number of pyridine rings is 1. The number of H-pyrrole nitrogens is 1. The molecule has 2 fully saturated rings. The second-order valence-electron chi connectivity index (χ2n) is 7.72. The van der Waals surface area contributed by atoms with Crippen molar-refractivity contribution >= 4 is 22.4 Å². The predicted octanol–water partition coefficient (Wildman–Crippen LogP) is 4.05. The Labute approximate surface area is 168 Å². The molecule has 5 rings (SSSR count). The molecule has 3 aromatic rings. The number of fused-ring (bicyclic) bond motifs is 1. The molecule has 1 saturated carbocycles. The number of nitrogens with zero attached hydrogens (tertiary/aromatic N) is 3. The molecular formula is C21H26N4O2S. The molecule has 1 aliphatic heterocycles. The van der Waals surface area contributed by atoms with Crippen molar-refractivity contribution < 1.29 is 9.47 Å². The minimum absolute atomic E-state index is 0.599. The van der Waals surface area contributed by atoms with Crippen LogP contribution in [0.1, 0.15) is 37.2 Å². The van der Waals surface area contributed by atoms with Crippen LogP contribution >= 0.6 is 11.3 Å². The van der Waals surface area contributed by atoms with Crippen LogP contribution < -0.4 is 4.74 Å². The Morgan fingerprint density at radius 2 is 2.04 bits per heavy atom. The second-order valence-corrected chi connectivity index (χ2v) is 8.54. The highest BCUT2D eigenvalue weighted by molar-refractivity contribution is 7.11. The molecule has 7 heteroatoms. The maximum absolute atomic E-state index is 5.51. The number of nitrogens with one attached hydrogen (secondary N) is 1. The highest BCUT2D eigenvalue weighted by Crippen LogP contribution is 2.37. The minimum Gasteiger partial charge on any atom is -0.473 e. The SMILES string of the molecule is COc1nc(-c2c[nH]c3ncc([C@H]4CC[C@H](N5CCOCC5)CC4)cc23)cs1. The highest BCUT2D eigenvalue weighted by atomic mass is 32.1. The van der Waals surface area contributed by atoms with Crippen LogP contribution in [0.2, 0.25) is 0 Å². The fourth-order valence-electron chi connectivity index (χ4n) is 4.65. The first-order valence-corrected chi connectivity index (χ1v) is 11.0. The third kappa shape index (κ3) is 3.43. The summed E-state index contributed by atoms with van der Waals surface area (Å²) in [6.45, 7) is 3.95. The van der Waals surface area contributed by atoms with Crippen LogP contribution in [0.5, 0.6) is 5.19 Å². The number of aromatic nitrogens is 3. The van der Waals surface area contributed by atoms with E-state index in [1.54, 1.807) is 7.11 Å². The topological polar surface area (TPSA) is 63.3 Å². The van der Waals surface area contributed by atoms with Gasteiger partial charge in [0.15, 0.2) is 0 Å². The summed E-state index contributed by atoms with van der Waals surface area (Å²) in [5.41, 5.74) is 4.33. The molecule has 1 aliphatic carbocycles. The highest BCUT2D eigenvalue weighted by Gasteiger charge is 2.28. The third-order valence-corrected chi connectivity index (χ3v) is 7.02. The van der Waals surface area contributed by atoms with Crippen molar-refractivity contribution in [2.24, 2.45) is 0 Å². The number of ether oxygens (including phenoxy) is 2. The molecule has 1 saturated heterocycles. The lowest BCUT2D eigenvalue weighted by atomic mass is 9.81. The molecule has 0 atom stereocenters. The summed E-state index contributed by atoms with van der Waals surface area (Å²) < 4.78 is 10.8. The molecule has 0 spiro atoms. The Kier molecular flexibility index (Phi) is 5.05. The first kappa shape index (κ1) is 18.1. The van der Waals surface area contributed by atoms with Gasteiger partial charge in [-0.3, -0.25) is 4.90 Å². The van der Waals surface area contributed by atoms with Gasteiger partial charge in [-0.1, -0.05) is 11.3 Å². The van der Waals surface area contributed by atoms with Crippen molar-refractivity contribution in [3.05, 3.63) is 29.4 Å². The van der Waals surface area contributed by atoms with Crippen molar-refractivity contribution in [3.63, 3.8) is 0 Å². The monoisotopic (exact) mass is 398 g/mol. The molecule has 0 unspecified atom stereocenters. The first-order valence-electron chi connectivity index (χ1n) is 10.1. The van der Waals surface area contributed by atoms with Gasteiger partial charge in [0.1, 0.15) is 5.65 Å². The van der Waals surface area contributed by atoms with Gasteiger partial charge in [-0.25, -0.2) is 9.97 Å². The summed E-state index contributed by atoms with van der Waals surface area (Å²) >= 11 is 1.52. The average Bonchev–Trinajstić information content (AvgIpc) is 3.40. The first-order chi connectivity index (χ1) is 13.8. The van der Waals surface area contributed by atoms with Crippen LogP contribution in [0.4, 0.5) is 0 Å². The summed E-state index contributed by atoms with van der Waals surface area (Å²) in [7, 11) is 1.66. The smallest absolute Gasteiger partial charge is 0.273 e. The summed E-state index contributed by atoms with van der Waals surface area (Å²) in [5, 5.41) is 3.89. The Morgan fingerprint density at radius 3 is 2.79 bits per heavy atom. The number of hydrogen-bond acceptors (Lipinski definition) is 6. The van der Waals surface area contributed by atoms with Crippen LogP contribution in [0.15, 0.2) is 23.8 Å². The van der Waals surface area contributed by atoms with Gasteiger partial charge in [0.25, 0.3) is 5.19 Å². The van der Waals surface area contributed by atoms with Crippen LogP contribution in [0.3, 0.4) is 0 Å². The van der Waals surface area contributed by atoms with Gasteiger partial charge in [0.05, 0.1) is 26.0 Å².